The van der Waals surface area contributed by atoms with Gasteiger partial charge in [-0.2, -0.15) is 0 Å². The lowest BCUT2D eigenvalue weighted by molar-refractivity contribution is 0.0526. The number of nitrogens with zero attached hydrogens (tertiary/aromatic N) is 3. The number of esters is 1. The summed E-state index contributed by atoms with van der Waals surface area (Å²) in [6.07, 6.45) is 0. The third-order valence-electron chi connectivity index (χ3n) is 4.24. The van der Waals surface area contributed by atoms with Crippen LogP contribution in [0, 0.1) is 0 Å². The first kappa shape index (κ1) is 15.9. The van der Waals surface area contributed by atoms with Crippen LogP contribution >= 0.6 is 0 Å². The van der Waals surface area contributed by atoms with Crippen LogP contribution in [0.15, 0.2) is 30.3 Å². The van der Waals surface area contributed by atoms with Gasteiger partial charge in [0.2, 0.25) is 0 Å². The Morgan fingerprint density at radius 2 is 1.96 bits per heavy atom. The van der Waals surface area contributed by atoms with Crippen molar-refractivity contribution >= 4 is 16.9 Å². The van der Waals surface area contributed by atoms with Crippen molar-refractivity contribution in [2.24, 2.45) is 0 Å². The predicted molar refractivity (Wildman–Crippen MR) is 90.5 cm³/mol. The largest absolute Gasteiger partial charge is 0.462 e. The van der Waals surface area contributed by atoms with Crippen LogP contribution in [0.1, 0.15) is 23.0 Å². The Hall–Kier alpha value is -1.98. The predicted octanol–water partition coefficient (Wildman–Crippen LogP) is 2.16. The lowest BCUT2D eigenvalue weighted by Crippen LogP contribution is -2.43. The molecule has 1 aliphatic rings. The van der Waals surface area contributed by atoms with E-state index in [2.05, 4.69) is 22.9 Å². The van der Waals surface area contributed by atoms with Crippen LogP contribution in [-0.2, 0) is 11.3 Å². The summed E-state index contributed by atoms with van der Waals surface area (Å²) in [6, 6.07) is 9.62. The first-order chi connectivity index (χ1) is 11.2. The van der Waals surface area contributed by atoms with Gasteiger partial charge >= 0.3 is 5.97 Å². The molecule has 2 heterocycles. The molecule has 1 saturated heterocycles. The van der Waals surface area contributed by atoms with Crippen LogP contribution in [0.3, 0.4) is 0 Å². The van der Waals surface area contributed by atoms with Crippen molar-refractivity contribution in [2.45, 2.75) is 13.5 Å². The van der Waals surface area contributed by atoms with Gasteiger partial charge < -0.3 is 9.64 Å². The molecule has 0 aliphatic carbocycles. The van der Waals surface area contributed by atoms with Crippen molar-refractivity contribution in [3.05, 3.63) is 41.6 Å². The van der Waals surface area contributed by atoms with Crippen LogP contribution in [0.4, 0.5) is 0 Å². The quantitative estimate of drug-likeness (QED) is 0.810. The molecule has 1 aromatic carbocycles. The van der Waals surface area contributed by atoms with Crippen molar-refractivity contribution < 1.29 is 9.53 Å². The summed E-state index contributed by atoms with van der Waals surface area (Å²) in [6.45, 7) is 7.45. The summed E-state index contributed by atoms with van der Waals surface area (Å²) in [5.41, 5.74) is 2.57. The van der Waals surface area contributed by atoms with Gasteiger partial charge in [0.05, 0.1) is 23.4 Å². The molecule has 0 spiro atoms. The molecule has 2 aromatic rings. The topological polar surface area (TPSA) is 45.7 Å². The standard InChI is InChI=1S/C18H23N3O2/c1-3-23-18(22)15-5-7-17-14(12-15)4-6-16(19-17)13-21-10-8-20(2)9-11-21/h4-7,12H,3,8-11,13H2,1-2H3. The number of pyridine rings is 1. The van der Waals surface area contributed by atoms with E-state index in [0.717, 1.165) is 49.3 Å². The normalized spacial score (nSPS) is 16.6. The van der Waals surface area contributed by atoms with E-state index in [1.807, 2.05) is 25.1 Å². The van der Waals surface area contributed by atoms with Gasteiger partial charge in [0.1, 0.15) is 0 Å². The highest BCUT2D eigenvalue weighted by atomic mass is 16.5. The molecule has 1 aromatic heterocycles. The van der Waals surface area contributed by atoms with Crippen molar-refractivity contribution in [1.82, 2.24) is 14.8 Å². The van der Waals surface area contributed by atoms with Crippen LogP contribution in [0.25, 0.3) is 10.9 Å². The lowest BCUT2D eigenvalue weighted by Gasteiger charge is -2.32. The van der Waals surface area contributed by atoms with Gasteiger partial charge in [0.15, 0.2) is 0 Å². The highest BCUT2D eigenvalue weighted by molar-refractivity contribution is 5.94. The van der Waals surface area contributed by atoms with Crippen LogP contribution < -0.4 is 0 Å². The molecule has 122 valence electrons. The van der Waals surface area contributed by atoms with E-state index in [4.69, 9.17) is 9.72 Å². The number of carbonyl (C=O) groups excluding carboxylic acids is 1. The zero-order valence-electron chi connectivity index (χ0n) is 13.8. The molecule has 0 amide bonds. The zero-order valence-corrected chi connectivity index (χ0v) is 13.8. The van der Waals surface area contributed by atoms with E-state index in [1.54, 1.807) is 6.07 Å². The number of likely N-dealkylation sites (N-methyl/N-ethyl adjacent to an activating group) is 1. The van der Waals surface area contributed by atoms with Gasteiger partial charge in [-0.15, -0.1) is 0 Å². The van der Waals surface area contributed by atoms with Gasteiger partial charge in [-0.05, 0) is 38.2 Å². The van der Waals surface area contributed by atoms with E-state index >= 15 is 0 Å². The van der Waals surface area contributed by atoms with E-state index in [1.165, 1.54) is 0 Å². The molecule has 5 heteroatoms. The molecule has 0 bridgehead atoms. The van der Waals surface area contributed by atoms with E-state index < -0.39 is 0 Å². The molecule has 1 fully saturated rings. The van der Waals surface area contributed by atoms with E-state index in [-0.39, 0.29) is 5.97 Å². The molecule has 5 nitrogen and oxygen atoms in total. The second-order valence-corrected chi connectivity index (χ2v) is 6.01. The molecule has 0 N–H and O–H groups in total. The highest BCUT2D eigenvalue weighted by Gasteiger charge is 2.14. The molecule has 23 heavy (non-hydrogen) atoms. The summed E-state index contributed by atoms with van der Waals surface area (Å²) < 4.78 is 5.04. The number of aromatic nitrogens is 1. The van der Waals surface area contributed by atoms with Gasteiger partial charge in [-0.1, -0.05) is 6.07 Å². The van der Waals surface area contributed by atoms with Crippen LogP contribution in [0.5, 0.6) is 0 Å². The summed E-state index contributed by atoms with van der Waals surface area (Å²) in [7, 11) is 2.16. The molecule has 0 atom stereocenters. The fourth-order valence-corrected chi connectivity index (χ4v) is 2.83. The molecule has 1 aliphatic heterocycles. The average Bonchev–Trinajstić information content (AvgIpc) is 2.57. The molecular weight excluding hydrogens is 290 g/mol. The SMILES string of the molecule is CCOC(=O)c1ccc2nc(CN3CCN(C)CC3)ccc2c1. The minimum absolute atomic E-state index is 0.282. The van der Waals surface area contributed by atoms with Crippen molar-refractivity contribution in [1.29, 1.82) is 0 Å². The Bertz CT molecular complexity index is 694. The Morgan fingerprint density at radius 1 is 1.17 bits per heavy atom. The van der Waals surface area contributed by atoms with Gasteiger partial charge in [-0.25, -0.2) is 4.79 Å². The number of ether oxygens (including phenoxy) is 1. The van der Waals surface area contributed by atoms with Crippen molar-refractivity contribution in [3.8, 4) is 0 Å². The minimum Gasteiger partial charge on any atom is -0.462 e. The monoisotopic (exact) mass is 313 g/mol. The molecule has 0 radical (unpaired) electrons. The Kier molecular flexibility index (Phi) is 4.88. The Balaban J connectivity index is 1.74. The fraction of sp³-hybridized carbons (Fsp3) is 0.444. The van der Waals surface area contributed by atoms with Crippen molar-refractivity contribution in [3.63, 3.8) is 0 Å². The second-order valence-electron chi connectivity index (χ2n) is 6.01. The third kappa shape index (κ3) is 3.86. The molecule has 3 rings (SSSR count). The number of benzene rings is 1. The fourth-order valence-electron chi connectivity index (χ4n) is 2.83. The molecule has 0 saturated carbocycles. The number of rotatable bonds is 4. The van der Waals surface area contributed by atoms with Crippen molar-refractivity contribution in [2.75, 3.05) is 39.8 Å². The maximum absolute atomic E-state index is 11.8. The zero-order chi connectivity index (χ0) is 16.2. The summed E-state index contributed by atoms with van der Waals surface area (Å²) in [5.74, 6) is -0.282. The van der Waals surface area contributed by atoms with E-state index in [9.17, 15) is 4.79 Å². The minimum atomic E-state index is -0.282. The first-order valence-electron chi connectivity index (χ1n) is 8.13. The lowest BCUT2D eigenvalue weighted by atomic mass is 10.1. The molecular formula is C18H23N3O2. The second kappa shape index (κ2) is 7.06. The number of hydrogen-bond acceptors (Lipinski definition) is 5. The average molecular weight is 313 g/mol. The number of piperazine rings is 1. The maximum atomic E-state index is 11.8. The highest BCUT2D eigenvalue weighted by Crippen LogP contribution is 2.17. The third-order valence-corrected chi connectivity index (χ3v) is 4.24. The van der Waals surface area contributed by atoms with Crippen LogP contribution in [-0.4, -0.2) is 60.6 Å². The van der Waals surface area contributed by atoms with Gasteiger partial charge in [-0.3, -0.25) is 9.88 Å². The Labute approximate surface area is 136 Å². The summed E-state index contributed by atoms with van der Waals surface area (Å²) >= 11 is 0. The number of hydrogen-bond donors (Lipinski definition) is 0. The first-order valence-corrected chi connectivity index (χ1v) is 8.13. The number of carbonyl (C=O) groups is 1. The smallest absolute Gasteiger partial charge is 0.338 e. The Morgan fingerprint density at radius 3 is 2.70 bits per heavy atom. The summed E-state index contributed by atoms with van der Waals surface area (Å²) in [4.78, 5) is 21.3. The van der Waals surface area contributed by atoms with E-state index in [0.29, 0.717) is 12.2 Å². The summed E-state index contributed by atoms with van der Waals surface area (Å²) in [5, 5.41) is 0.970. The maximum Gasteiger partial charge on any atom is 0.338 e. The number of fused-ring (bicyclic) bond motifs is 1. The van der Waals surface area contributed by atoms with Gasteiger partial charge in [0, 0.05) is 38.1 Å². The van der Waals surface area contributed by atoms with Crippen LogP contribution in [0.2, 0.25) is 0 Å². The molecule has 0 unspecified atom stereocenters. The van der Waals surface area contributed by atoms with Gasteiger partial charge in [0.25, 0.3) is 0 Å².